The highest BCUT2D eigenvalue weighted by molar-refractivity contribution is 7.17. The Kier molecular flexibility index (Phi) is 4.31. The number of rotatable bonds is 2. The van der Waals surface area contributed by atoms with Crippen LogP contribution in [-0.2, 0) is 4.74 Å². The van der Waals surface area contributed by atoms with Crippen molar-refractivity contribution in [3.05, 3.63) is 21.3 Å². The monoisotopic (exact) mass is 293 g/mol. The number of amides is 1. The molecule has 94 valence electrons. The van der Waals surface area contributed by atoms with Gasteiger partial charge >= 0.3 is 0 Å². The van der Waals surface area contributed by atoms with Gasteiger partial charge in [0.05, 0.1) is 33.8 Å². The lowest BCUT2D eigenvalue weighted by molar-refractivity contribution is -0.0370. The summed E-state index contributed by atoms with van der Waals surface area (Å²) in [5.74, 6) is 0.412. The zero-order chi connectivity index (χ0) is 12.4. The molecule has 0 aliphatic carbocycles. The summed E-state index contributed by atoms with van der Waals surface area (Å²) in [6.07, 6.45) is -0.0766. The maximum atomic E-state index is 12.3. The van der Waals surface area contributed by atoms with E-state index in [1.807, 2.05) is 6.92 Å². The fraction of sp³-hybridized carbons (Fsp3) is 0.545. The van der Waals surface area contributed by atoms with Gasteiger partial charge in [-0.05, 0) is 19.1 Å². The summed E-state index contributed by atoms with van der Waals surface area (Å²) in [5.41, 5.74) is 0. The quantitative estimate of drug-likeness (QED) is 0.785. The Hall–Kier alpha value is -0.290. The van der Waals surface area contributed by atoms with Crippen LogP contribution in [0, 0.1) is 0 Å². The molecule has 0 N–H and O–H groups in total. The highest BCUT2D eigenvalue weighted by Crippen LogP contribution is 2.24. The summed E-state index contributed by atoms with van der Waals surface area (Å²) in [7, 11) is 0. The first kappa shape index (κ1) is 13.1. The van der Waals surface area contributed by atoms with Crippen LogP contribution in [0.25, 0.3) is 0 Å². The number of carbonyl (C=O) groups is 1. The van der Waals surface area contributed by atoms with Gasteiger partial charge in [0.2, 0.25) is 0 Å². The zero-order valence-corrected chi connectivity index (χ0v) is 11.7. The van der Waals surface area contributed by atoms with Crippen LogP contribution in [-0.4, -0.2) is 42.0 Å². The van der Waals surface area contributed by atoms with Gasteiger partial charge in [-0.25, -0.2) is 0 Å². The van der Waals surface area contributed by atoms with Gasteiger partial charge in [0.25, 0.3) is 5.91 Å². The third kappa shape index (κ3) is 2.94. The van der Waals surface area contributed by atoms with Crippen molar-refractivity contribution < 1.29 is 9.53 Å². The molecule has 1 aromatic heterocycles. The second-order valence-electron chi connectivity index (χ2n) is 4.02. The minimum atomic E-state index is -0.0766. The number of ether oxygens (including phenoxy) is 1. The van der Waals surface area contributed by atoms with E-state index in [-0.39, 0.29) is 18.1 Å². The van der Waals surface area contributed by atoms with E-state index in [1.165, 1.54) is 11.3 Å². The Bertz CT molecular complexity index is 410. The predicted octanol–water partition coefficient (Wildman–Crippen LogP) is 2.87. The highest BCUT2D eigenvalue weighted by Gasteiger charge is 2.30. The Labute approximate surface area is 114 Å². The molecule has 0 bridgehead atoms. The van der Waals surface area contributed by atoms with E-state index in [0.717, 1.165) is 0 Å². The van der Waals surface area contributed by atoms with Gasteiger partial charge in [-0.15, -0.1) is 22.9 Å². The number of nitrogens with zero attached hydrogens (tertiary/aromatic N) is 1. The Morgan fingerprint density at radius 3 is 3.00 bits per heavy atom. The third-order valence-electron chi connectivity index (χ3n) is 2.72. The van der Waals surface area contributed by atoms with Gasteiger partial charge in [-0.1, -0.05) is 11.6 Å². The van der Waals surface area contributed by atoms with E-state index in [9.17, 15) is 4.79 Å². The highest BCUT2D eigenvalue weighted by atomic mass is 35.5. The molecule has 17 heavy (non-hydrogen) atoms. The van der Waals surface area contributed by atoms with Crippen LogP contribution in [0.3, 0.4) is 0 Å². The van der Waals surface area contributed by atoms with Crippen LogP contribution in [0.15, 0.2) is 12.1 Å². The molecular formula is C11H13Cl2NO2S. The first-order valence-corrected chi connectivity index (χ1v) is 7.08. The molecule has 0 spiro atoms. The first-order chi connectivity index (χ1) is 8.11. The van der Waals surface area contributed by atoms with Gasteiger partial charge in [-0.2, -0.15) is 0 Å². The lowest BCUT2D eigenvalue weighted by Crippen LogP contribution is -2.51. The smallest absolute Gasteiger partial charge is 0.264 e. The molecule has 2 unspecified atom stereocenters. The van der Waals surface area contributed by atoms with Crippen LogP contribution < -0.4 is 0 Å². The predicted molar refractivity (Wildman–Crippen MR) is 70.3 cm³/mol. The van der Waals surface area contributed by atoms with Gasteiger partial charge in [0, 0.05) is 6.54 Å². The van der Waals surface area contributed by atoms with Crippen LogP contribution >= 0.6 is 34.5 Å². The normalized spacial score (nSPS) is 25.0. The van der Waals surface area contributed by atoms with Gasteiger partial charge in [0.1, 0.15) is 0 Å². The summed E-state index contributed by atoms with van der Waals surface area (Å²) in [6, 6.07) is 3.57. The summed E-state index contributed by atoms with van der Waals surface area (Å²) < 4.78 is 6.14. The van der Waals surface area contributed by atoms with Crippen molar-refractivity contribution in [1.82, 2.24) is 4.90 Å². The number of thiophene rings is 1. The maximum Gasteiger partial charge on any atom is 0.264 e. The molecule has 0 radical (unpaired) electrons. The number of halogens is 2. The SMILES string of the molecule is CC1COC(CCl)CN1C(=O)c1ccc(Cl)s1. The van der Waals surface area contributed by atoms with Crippen molar-refractivity contribution in [3.63, 3.8) is 0 Å². The van der Waals surface area contributed by atoms with Crippen molar-refractivity contribution in [2.45, 2.75) is 19.1 Å². The standard InChI is InChI=1S/C11H13Cl2NO2S/c1-7-6-16-8(4-12)5-14(7)11(15)9-2-3-10(13)17-9/h2-3,7-8H,4-6H2,1H3. The lowest BCUT2D eigenvalue weighted by Gasteiger charge is -2.37. The Morgan fingerprint density at radius 2 is 2.41 bits per heavy atom. The van der Waals surface area contributed by atoms with E-state index in [4.69, 9.17) is 27.9 Å². The fourth-order valence-electron chi connectivity index (χ4n) is 1.76. The minimum Gasteiger partial charge on any atom is -0.373 e. The average Bonchev–Trinajstić information content (AvgIpc) is 2.76. The van der Waals surface area contributed by atoms with E-state index in [1.54, 1.807) is 17.0 Å². The summed E-state index contributed by atoms with van der Waals surface area (Å²) >= 11 is 12.9. The average molecular weight is 294 g/mol. The van der Waals surface area contributed by atoms with Gasteiger partial charge < -0.3 is 9.64 Å². The molecule has 3 nitrogen and oxygen atoms in total. The summed E-state index contributed by atoms with van der Waals surface area (Å²) in [5, 5.41) is 0. The van der Waals surface area contributed by atoms with Crippen LogP contribution in [0.2, 0.25) is 4.34 Å². The van der Waals surface area contributed by atoms with Crippen LogP contribution in [0.5, 0.6) is 0 Å². The van der Waals surface area contributed by atoms with Crippen molar-refractivity contribution in [2.24, 2.45) is 0 Å². The summed E-state index contributed by atoms with van der Waals surface area (Å²) in [4.78, 5) is 14.7. The Balaban J connectivity index is 2.12. The molecule has 2 heterocycles. The number of morpholine rings is 1. The molecule has 2 atom stereocenters. The number of hydrogen-bond acceptors (Lipinski definition) is 3. The number of alkyl halides is 1. The molecule has 1 aliphatic heterocycles. The molecule has 0 saturated carbocycles. The van der Waals surface area contributed by atoms with Crippen molar-refractivity contribution in [2.75, 3.05) is 19.0 Å². The van der Waals surface area contributed by atoms with Gasteiger partial charge in [-0.3, -0.25) is 4.79 Å². The second-order valence-corrected chi connectivity index (χ2v) is 6.04. The van der Waals surface area contributed by atoms with Crippen LogP contribution in [0.1, 0.15) is 16.6 Å². The Morgan fingerprint density at radius 1 is 1.65 bits per heavy atom. The van der Waals surface area contributed by atoms with E-state index >= 15 is 0 Å². The number of carbonyl (C=O) groups excluding carboxylic acids is 1. The molecule has 1 saturated heterocycles. The molecule has 2 rings (SSSR count). The zero-order valence-electron chi connectivity index (χ0n) is 9.36. The summed E-state index contributed by atoms with van der Waals surface area (Å²) in [6.45, 7) is 3.04. The van der Waals surface area contributed by atoms with Gasteiger partial charge in [0.15, 0.2) is 0 Å². The fourth-order valence-corrected chi connectivity index (χ4v) is 2.95. The van der Waals surface area contributed by atoms with Crippen LogP contribution in [0.4, 0.5) is 0 Å². The minimum absolute atomic E-state index is 0.00724. The van der Waals surface area contributed by atoms with E-state index in [0.29, 0.717) is 28.2 Å². The lowest BCUT2D eigenvalue weighted by atomic mass is 10.2. The van der Waals surface area contributed by atoms with Crippen molar-refractivity contribution >= 4 is 40.4 Å². The topological polar surface area (TPSA) is 29.5 Å². The first-order valence-electron chi connectivity index (χ1n) is 5.35. The second kappa shape index (κ2) is 5.57. The molecule has 1 aliphatic rings. The third-order valence-corrected chi connectivity index (χ3v) is 4.29. The maximum absolute atomic E-state index is 12.3. The van der Waals surface area contributed by atoms with E-state index < -0.39 is 0 Å². The molecule has 1 amide bonds. The van der Waals surface area contributed by atoms with Crippen molar-refractivity contribution in [1.29, 1.82) is 0 Å². The molecule has 1 aromatic rings. The number of hydrogen-bond donors (Lipinski definition) is 0. The van der Waals surface area contributed by atoms with E-state index in [2.05, 4.69) is 0 Å². The molecular weight excluding hydrogens is 281 g/mol. The molecule has 6 heteroatoms. The molecule has 0 aromatic carbocycles. The van der Waals surface area contributed by atoms with Crippen molar-refractivity contribution in [3.8, 4) is 0 Å². The largest absolute Gasteiger partial charge is 0.373 e. The molecule has 1 fully saturated rings.